The summed E-state index contributed by atoms with van der Waals surface area (Å²) < 4.78 is 10.7. The Morgan fingerprint density at radius 2 is 1.86 bits per heavy atom. The van der Waals surface area contributed by atoms with Crippen LogP contribution in [-0.4, -0.2) is 63.8 Å². The molecule has 0 aromatic heterocycles. The lowest BCUT2D eigenvalue weighted by atomic mass is 10.0. The second kappa shape index (κ2) is 7.64. The van der Waals surface area contributed by atoms with Crippen LogP contribution in [0.3, 0.4) is 0 Å². The largest absolute Gasteiger partial charge is 0.497 e. The monoisotopic (exact) mass is 293 g/mol. The van der Waals surface area contributed by atoms with Crippen molar-refractivity contribution in [3.63, 3.8) is 0 Å². The summed E-state index contributed by atoms with van der Waals surface area (Å²) >= 11 is 0. The summed E-state index contributed by atoms with van der Waals surface area (Å²) in [6.45, 7) is 5.57. The summed E-state index contributed by atoms with van der Waals surface area (Å²) in [4.78, 5) is 4.85. The fourth-order valence-electron chi connectivity index (χ4n) is 2.67. The normalized spacial score (nSPS) is 18.5. The molecule has 2 N–H and O–H groups in total. The van der Waals surface area contributed by atoms with Gasteiger partial charge in [-0.1, -0.05) is 6.07 Å². The number of hydrogen-bond acceptors (Lipinski definition) is 5. The maximum Gasteiger partial charge on any atom is 0.127 e. The van der Waals surface area contributed by atoms with Gasteiger partial charge in [-0.05, 0) is 19.5 Å². The Morgan fingerprint density at radius 3 is 2.48 bits per heavy atom. The van der Waals surface area contributed by atoms with Crippen molar-refractivity contribution in [3.05, 3.63) is 23.8 Å². The second-order valence-corrected chi connectivity index (χ2v) is 5.65. The average Bonchev–Trinajstić information content (AvgIpc) is 2.53. The molecule has 0 spiro atoms. The van der Waals surface area contributed by atoms with Crippen molar-refractivity contribution >= 4 is 0 Å². The van der Waals surface area contributed by atoms with E-state index in [1.165, 1.54) is 0 Å². The average molecular weight is 293 g/mol. The number of ether oxygens (including phenoxy) is 2. The molecule has 0 radical (unpaired) electrons. The summed E-state index contributed by atoms with van der Waals surface area (Å²) in [5.41, 5.74) is 7.40. The number of benzene rings is 1. The maximum atomic E-state index is 6.35. The van der Waals surface area contributed by atoms with Gasteiger partial charge in [-0.3, -0.25) is 0 Å². The number of likely N-dealkylation sites (N-methyl/N-ethyl adjacent to an activating group) is 1. The van der Waals surface area contributed by atoms with Crippen molar-refractivity contribution in [2.45, 2.75) is 12.5 Å². The van der Waals surface area contributed by atoms with Crippen LogP contribution in [0.15, 0.2) is 18.2 Å². The lowest BCUT2D eigenvalue weighted by Crippen LogP contribution is -2.45. The minimum atomic E-state index is -0.00878. The fourth-order valence-corrected chi connectivity index (χ4v) is 2.67. The summed E-state index contributed by atoms with van der Waals surface area (Å²) in [7, 11) is 5.50. The van der Waals surface area contributed by atoms with E-state index in [0.29, 0.717) is 0 Å². The van der Waals surface area contributed by atoms with Crippen LogP contribution in [0.2, 0.25) is 0 Å². The molecule has 21 heavy (non-hydrogen) atoms. The molecule has 0 aliphatic carbocycles. The summed E-state index contributed by atoms with van der Waals surface area (Å²) in [5.74, 6) is 1.60. The van der Waals surface area contributed by atoms with Crippen LogP contribution in [-0.2, 0) is 0 Å². The molecule has 1 saturated heterocycles. The van der Waals surface area contributed by atoms with Crippen molar-refractivity contribution < 1.29 is 9.47 Å². The number of piperazine rings is 1. The lowest BCUT2D eigenvalue weighted by Gasteiger charge is -2.33. The van der Waals surface area contributed by atoms with E-state index in [-0.39, 0.29) is 6.04 Å². The molecular formula is C16H27N3O2. The molecule has 1 aromatic rings. The predicted molar refractivity (Wildman–Crippen MR) is 85.0 cm³/mol. The standard InChI is InChI=1S/C16H27N3O2/c1-18-8-10-19(11-9-18)7-6-15(17)14-5-4-13(20-2)12-16(14)21-3/h4-5,12,15H,6-11,17H2,1-3H3. The molecule has 0 bridgehead atoms. The van der Waals surface area contributed by atoms with E-state index in [1.807, 2.05) is 18.2 Å². The van der Waals surface area contributed by atoms with Crippen LogP contribution in [0.1, 0.15) is 18.0 Å². The third-order valence-electron chi connectivity index (χ3n) is 4.19. The molecule has 0 amide bonds. The third kappa shape index (κ3) is 4.33. The van der Waals surface area contributed by atoms with Crippen molar-refractivity contribution in [2.24, 2.45) is 5.73 Å². The molecule has 1 aromatic carbocycles. The van der Waals surface area contributed by atoms with Gasteiger partial charge in [0.15, 0.2) is 0 Å². The van der Waals surface area contributed by atoms with Crippen molar-refractivity contribution in [2.75, 3.05) is 54.0 Å². The zero-order valence-corrected chi connectivity index (χ0v) is 13.3. The second-order valence-electron chi connectivity index (χ2n) is 5.65. The van der Waals surface area contributed by atoms with Crippen LogP contribution < -0.4 is 15.2 Å². The van der Waals surface area contributed by atoms with Gasteiger partial charge >= 0.3 is 0 Å². The number of hydrogen-bond donors (Lipinski definition) is 1. The van der Waals surface area contributed by atoms with Gasteiger partial charge in [0.2, 0.25) is 0 Å². The van der Waals surface area contributed by atoms with Gasteiger partial charge < -0.3 is 25.0 Å². The van der Waals surface area contributed by atoms with Gasteiger partial charge in [-0.15, -0.1) is 0 Å². The van der Waals surface area contributed by atoms with E-state index in [4.69, 9.17) is 15.2 Å². The highest BCUT2D eigenvalue weighted by molar-refractivity contribution is 5.42. The summed E-state index contributed by atoms with van der Waals surface area (Å²) in [6, 6.07) is 5.83. The van der Waals surface area contributed by atoms with Crippen LogP contribution in [0.4, 0.5) is 0 Å². The zero-order valence-electron chi connectivity index (χ0n) is 13.3. The third-order valence-corrected chi connectivity index (χ3v) is 4.19. The van der Waals surface area contributed by atoms with E-state index in [0.717, 1.165) is 56.2 Å². The molecule has 1 heterocycles. The van der Waals surface area contributed by atoms with Gasteiger partial charge in [0, 0.05) is 50.4 Å². The molecule has 0 saturated carbocycles. The van der Waals surface area contributed by atoms with E-state index in [2.05, 4.69) is 16.8 Å². The smallest absolute Gasteiger partial charge is 0.127 e. The van der Waals surface area contributed by atoms with Crippen LogP contribution in [0, 0.1) is 0 Å². The molecule has 5 heteroatoms. The van der Waals surface area contributed by atoms with E-state index < -0.39 is 0 Å². The van der Waals surface area contributed by atoms with Gasteiger partial charge in [-0.25, -0.2) is 0 Å². The Balaban J connectivity index is 1.92. The topological polar surface area (TPSA) is 51.0 Å². The number of rotatable bonds is 6. The number of nitrogens with zero attached hydrogens (tertiary/aromatic N) is 2. The van der Waals surface area contributed by atoms with Gasteiger partial charge in [0.25, 0.3) is 0 Å². The Morgan fingerprint density at radius 1 is 1.14 bits per heavy atom. The van der Waals surface area contributed by atoms with E-state index in [1.54, 1.807) is 14.2 Å². The molecule has 1 atom stereocenters. The lowest BCUT2D eigenvalue weighted by molar-refractivity contribution is 0.150. The highest BCUT2D eigenvalue weighted by Gasteiger charge is 2.17. The van der Waals surface area contributed by atoms with Crippen LogP contribution in [0.25, 0.3) is 0 Å². The first-order valence-corrected chi connectivity index (χ1v) is 7.52. The molecule has 1 unspecified atom stereocenters. The summed E-state index contributed by atoms with van der Waals surface area (Å²) in [5, 5.41) is 0. The number of nitrogens with two attached hydrogens (primary N) is 1. The predicted octanol–water partition coefficient (Wildman–Crippen LogP) is 1.34. The first kappa shape index (κ1) is 16.1. The van der Waals surface area contributed by atoms with Crippen LogP contribution >= 0.6 is 0 Å². The molecule has 1 fully saturated rings. The van der Waals surface area contributed by atoms with Crippen molar-refractivity contribution in [3.8, 4) is 11.5 Å². The van der Waals surface area contributed by atoms with Gasteiger partial charge in [0.1, 0.15) is 11.5 Å². The number of methoxy groups -OCH3 is 2. The Kier molecular flexibility index (Phi) is 5.85. The maximum absolute atomic E-state index is 6.35. The Hall–Kier alpha value is -1.30. The first-order valence-electron chi connectivity index (χ1n) is 7.52. The molecule has 1 aliphatic heterocycles. The molecule has 5 nitrogen and oxygen atoms in total. The van der Waals surface area contributed by atoms with Crippen molar-refractivity contribution in [1.29, 1.82) is 0 Å². The molecule has 118 valence electrons. The summed E-state index contributed by atoms with van der Waals surface area (Å²) in [6.07, 6.45) is 0.937. The quantitative estimate of drug-likeness (QED) is 0.858. The fraction of sp³-hybridized carbons (Fsp3) is 0.625. The Labute approximate surface area is 127 Å². The Bertz CT molecular complexity index is 445. The minimum Gasteiger partial charge on any atom is -0.497 e. The minimum absolute atomic E-state index is 0.00878. The highest BCUT2D eigenvalue weighted by atomic mass is 16.5. The van der Waals surface area contributed by atoms with Gasteiger partial charge in [-0.2, -0.15) is 0 Å². The first-order chi connectivity index (χ1) is 10.1. The van der Waals surface area contributed by atoms with Crippen LogP contribution in [0.5, 0.6) is 11.5 Å². The molecular weight excluding hydrogens is 266 g/mol. The zero-order chi connectivity index (χ0) is 15.2. The van der Waals surface area contributed by atoms with E-state index >= 15 is 0 Å². The van der Waals surface area contributed by atoms with Crippen molar-refractivity contribution in [1.82, 2.24) is 9.80 Å². The van der Waals surface area contributed by atoms with Gasteiger partial charge in [0.05, 0.1) is 14.2 Å². The molecule has 1 aliphatic rings. The van der Waals surface area contributed by atoms with E-state index in [9.17, 15) is 0 Å². The SMILES string of the molecule is COc1ccc(C(N)CCN2CCN(C)CC2)c(OC)c1. The molecule has 2 rings (SSSR count). The highest BCUT2D eigenvalue weighted by Crippen LogP contribution is 2.29.